The Bertz CT molecular complexity index is 597. The quantitative estimate of drug-likeness (QED) is 0.833. The van der Waals surface area contributed by atoms with Crippen molar-refractivity contribution >= 4 is 25.6 Å². The van der Waals surface area contributed by atoms with E-state index < -0.39 is 9.05 Å². The van der Waals surface area contributed by atoms with Gasteiger partial charge in [-0.25, -0.2) is 8.42 Å². The summed E-state index contributed by atoms with van der Waals surface area (Å²) in [6, 6.07) is 2.84. The predicted octanol–water partition coefficient (Wildman–Crippen LogP) is 1.30. The first kappa shape index (κ1) is 13.2. The molecule has 0 aliphatic carbocycles. The molecule has 0 unspecified atom stereocenters. The fourth-order valence-corrected chi connectivity index (χ4v) is 2.95. The molecule has 0 bridgehead atoms. The van der Waals surface area contributed by atoms with Crippen molar-refractivity contribution in [2.24, 2.45) is 0 Å². The van der Waals surface area contributed by atoms with Crippen molar-refractivity contribution in [2.45, 2.75) is 17.7 Å². The van der Waals surface area contributed by atoms with Crippen LogP contribution in [-0.4, -0.2) is 28.0 Å². The molecule has 2 rings (SSSR count). The van der Waals surface area contributed by atoms with E-state index >= 15 is 0 Å². The molecule has 0 aromatic heterocycles. The lowest BCUT2D eigenvalue weighted by molar-refractivity contribution is 0.0956. The van der Waals surface area contributed by atoms with Gasteiger partial charge in [-0.2, -0.15) is 0 Å². The van der Waals surface area contributed by atoms with Gasteiger partial charge in [0.05, 0.1) is 7.11 Å². The number of fused-ring (bicyclic) bond motifs is 1. The molecule has 0 atom stereocenters. The SMILES string of the molecule is COc1cc2c(cc1S(=O)(=O)Cl)C(=O)NCCC2. The van der Waals surface area contributed by atoms with Crippen LogP contribution >= 0.6 is 10.7 Å². The number of hydrogen-bond acceptors (Lipinski definition) is 4. The number of nitrogens with one attached hydrogen (secondary N) is 1. The van der Waals surface area contributed by atoms with Crippen LogP contribution in [0.1, 0.15) is 22.3 Å². The summed E-state index contributed by atoms with van der Waals surface area (Å²) in [7, 11) is 2.75. The van der Waals surface area contributed by atoms with E-state index in [-0.39, 0.29) is 16.6 Å². The second kappa shape index (κ2) is 4.78. The molecule has 1 aromatic rings. The van der Waals surface area contributed by atoms with E-state index in [4.69, 9.17) is 15.4 Å². The number of ether oxygens (including phenoxy) is 1. The maximum Gasteiger partial charge on any atom is 0.265 e. The van der Waals surface area contributed by atoms with E-state index in [9.17, 15) is 13.2 Å². The average Bonchev–Trinajstić information content (AvgIpc) is 2.48. The zero-order valence-corrected chi connectivity index (χ0v) is 11.3. The summed E-state index contributed by atoms with van der Waals surface area (Å²) in [6.45, 7) is 0.568. The van der Waals surface area contributed by atoms with Crippen LogP contribution in [0.25, 0.3) is 0 Å². The molecule has 0 radical (unpaired) electrons. The summed E-state index contributed by atoms with van der Waals surface area (Å²) >= 11 is 0. The molecular formula is C11H12ClNO4S. The second-order valence-corrected chi connectivity index (χ2v) is 6.49. The van der Waals surface area contributed by atoms with Crippen molar-refractivity contribution < 1.29 is 17.9 Å². The summed E-state index contributed by atoms with van der Waals surface area (Å²) in [5.41, 5.74) is 1.11. The number of halogens is 1. The lowest BCUT2D eigenvalue weighted by atomic mass is 10.0. The van der Waals surface area contributed by atoms with Gasteiger partial charge in [-0.1, -0.05) is 0 Å². The highest BCUT2D eigenvalue weighted by Crippen LogP contribution is 2.31. The van der Waals surface area contributed by atoms with Crippen LogP contribution < -0.4 is 10.1 Å². The third-order valence-electron chi connectivity index (χ3n) is 2.81. The van der Waals surface area contributed by atoms with Crippen molar-refractivity contribution in [3.63, 3.8) is 0 Å². The Morgan fingerprint density at radius 1 is 1.39 bits per heavy atom. The third-order valence-corrected chi connectivity index (χ3v) is 4.15. The smallest absolute Gasteiger partial charge is 0.265 e. The van der Waals surface area contributed by atoms with Crippen LogP contribution in [0.15, 0.2) is 17.0 Å². The average molecular weight is 290 g/mol. The molecule has 1 aliphatic rings. The number of rotatable bonds is 2. The lowest BCUT2D eigenvalue weighted by Crippen LogP contribution is -2.22. The Hall–Kier alpha value is -1.27. The lowest BCUT2D eigenvalue weighted by Gasteiger charge is -2.11. The van der Waals surface area contributed by atoms with E-state index in [2.05, 4.69) is 5.32 Å². The van der Waals surface area contributed by atoms with Gasteiger partial charge in [-0.05, 0) is 30.5 Å². The molecule has 0 saturated heterocycles. The van der Waals surface area contributed by atoms with Crippen molar-refractivity contribution in [3.8, 4) is 5.75 Å². The maximum absolute atomic E-state index is 11.8. The maximum atomic E-state index is 11.8. The minimum Gasteiger partial charge on any atom is -0.495 e. The highest BCUT2D eigenvalue weighted by Gasteiger charge is 2.23. The monoisotopic (exact) mass is 289 g/mol. The first-order valence-corrected chi connectivity index (χ1v) is 7.68. The van der Waals surface area contributed by atoms with Gasteiger partial charge < -0.3 is 10.1 Å². The topological polar surface area (TPSA) is 72.5 Å². The normalized spacial score (nSPS) is 15.6. The molecule has 5 nitrogen and oxygen atoms in total. The Kier molecular flexibility index (Phi) is 3.49. The van der Waals surface area contributed by atoms with Crippen molar-refractivity contribution in [1.29, 1.82) is 0 Å². The predicted molar refractivity (Wildman–Crippen MR) is 66.7 cm³/mol. The van der Waals surface area contributed by atoms with E-state index in [1.54, 1.807) is 6.07 Å². The van der Waals surface area contributed by atoms with Crippen LogP contribution in [-0.2, 0) is 15.5 Å². The van der Waals surface area contributed by atoms with Crippen LogP contribution in [0.2, 0.25) is 0 Å². The molecule has 98 valence electrons. The Labute approximate surface area is 110 Å². The number of amides is 1. The molecule has 0 spiro atoms. The zero-order valence-electron chi connectivity index (χ0n) is 9.70. The molecule has 1 aliphatic heterocycles. The number of aryl methyl sites for hydroxylation is 1. The molecule has 0 saturated carbocycles. The Balaban J connectivity index is 2.67. The summed E-state index contributed by atoms with van der Waals surface area (Å²) in [6.07, 6.45) is 1.49. The number of methoxy groups -OCH3 is 1. The number of carbonyl (C=O) groups is 1. The summed E-state index contributed by atoms with van der Waals surface area (Å²) in [4.78, 5) is 11.6. The second-order valence-electron chi connectivity index (χ2n) is 3.96. The van der Waals surface area contributed by atoms with Gasteiger partial charge in [0, 0.05) is 22.8 Å². The first-order chi connectivity index (χ1) is 8.43. The van der Waals surface area contributed by atoms with Crippen LogP contribution in [0, 0.1) is 0 Å². The summed E-state index contributed by atoms with van der Waals surface area (Å²) < 4.78 is 27.9. The fourth-order valence-electron chi connectivity index (χ4n) is 1.95. The van der Waals surface area contributed by atoms with Gasteiger partial charge in [0.15, 0.2) is 0 Å². The van der Waals surface area contributed by atoms with Crippen LogP contribution in [0.4, 0.5) is 0 Å². The molecule has 1 aromatic carbocycles. The van der Waals surface area contributed by atoms with E-state index in [1.165, 1.54) is 13.2 Å². The van der Waals surface area contributed by atoms with Crippen molar-refractivity contribution in [1.82, 2.24) is 5.32 Å². The molecule has 1 N–H and O–H groups in total. The largest absolute Gasteiger partial charge is 0.495 e. The van der Waals surface area contributed by atoms with E-state index in [0.29, 0.717) is 18.5 Å². The fraction of sp³-hybridized carbons (Fsp3) is 0.364. The van der Waals surface area contributed by atoms with Crippen LogP contribution in [0.5, 0.6) is 5.75 Å². The summed E-state index contributed by atoms with van der Waals surface area (Å²) in [5.74, 6) is -0.120. The van der Waals surface area contributed by atoms with Crippen molar-refractivity contribution in [2.75, 3.05) is 13.7 Å². The molecule has 1 amide bonds. The minimum atomic E-state index is -3.95. The zero-order chi connectivity index (χ0) is 13.3. The molecule has 18 heavy (non-hydrogen) atoms. The van der Waals surface area contributed by atoms with Gasteiger partial charge in [0.1, 0.15) is 10.6 Å². The highest BCUT2D eigenvalue weighted by molar-refractivity contribution is 8.13. The minimum absolute atomic E-state index is 0.165. The Morgan fingerprint density at radius 2 is 2.11 bits per heavy atom. The van der Waals surface area contributed by atoms with E-state index in [1.807, 2.05) is 0 Å². The van der Waals surface area contributed by atoms with Crippen molar-refractivity contribution in [3.05, 3.63) is 23.3 Å². The Morgan fingerprint density at radius 3 is 2.72 bits per heavy atom. The van der Waals surface area contributed by atoms with Gasteiger partial charge in [-0.3, -0.25) is 4.79 Å². The molecule has 7 heteroatoms. The molecule has 0 fully saturated rings. The first-order valence-electron chi connectivity index (χ1n) is 5.37. The molecule has 1 heterocycles. The number of benzene rings is 1. The number of carbonyl (C=O) groups excluding carboxylic acids is 1. The van der Waals surface area contributed by atoms with Gasteiger partial charge in [0.2, 0.25) is 0 Å². The van der Waals surface area contributed by atoms with Gasteiger partial charge >= 0.3 is 0 Å². The third kappa shape index (κ3) is 2.44. The standard InChI is InChI=1S/C11H12ClNO4S/c1-17-9-5-7-3-2-4-13-11(14)8(7)6-10(9)18(12,15)16/h5-6H,2-4H2,1H3,(H,13,14). The summed E-state index contributed by atoms with van der Waals surface area (Å²) in [5, 5.41) is 2.70. The highest BCUT2D eigenvalue weighted by atomic mass is 35.7. The van der Waals surface area contributed by atoms with Gasteiger partial charge in [0.25, 0.3) is 15.0 Å². The van der Waals surface area contributed by atoms with Crippen LogP contribution in [0.3, 0.4) is 0 Å². The van der Waals surface area contributed by atoms with Gasteiger partial charge in [-0.15, -0.1) is 0 Å². The number of hydrogen-bond donors (Lipinski definition) is 1. The molecular weight excluding hydrogens is 278 g/mol. The van der Waals surface area contributed by atoms with E-state index in [0.717, 1.165) is 12.0 Å².